The fourth-order valence-corrected chi connectivity index (χ4v) is 4.75. The van der Waals surface area contributed by atoms with Gasteiger partial charge in [0.1, 0.15) is 60.0 Å². The lowest BCUT2D eigenvalue weighted by Crippen LogP contribution is -2.62. The van der Waals surface area contributed by atoms with Crippen molar-refractivity contribution in [1.29, 1.82) is 0 Å². The van der Waals surface area contributed by atoms with Crippen LogP contribution in [0, 0.1) is 5.92 Å². The summed E-state index contributed by atoms with van der Waals surface area (Å²) >= 11 is 0. The van der Waals surface area contributed by atoms with E-state index in [9.17, 15) is 45.6 Å². The highest BCUT2D eigenvalue weighted by molar-refractivity contribution is 5.91. The minimum Gasteiger partial charge on any atom is -0.471 e. The van der Waals surface area contributed by atoms with Crippen molar-refractivity contribution in [1.82, 2.24) is 0 Å². The smallest absolute Gasteiger partial charge is 0.340 e. The standard InChI is InChI=1S/C22H32O15/c1-2-8-19(33-6-9-18(30)32-4-3-22(8,9)31)37-21-17(29)15(27)13(25)11(36-21)7-34-20-16(28)14(26)12(24)10(5-23)35-20/h2,6,8,10-17,19-21,23-29,31H,1,3-5,7H2/t8-,10+,11+,12+,13+,14-,15-,16-,17+,19-,20+,21-,22+/m0/s1. The Hall–Kier alpha value is -1.73. The number of ether oxygens (including phenoxy) is 6. The van der Waals surface area contributed by atoms with E-state index in [1.165, 1.54) is 6.08 Å². The Bertz CT molecular complexity index is 865. The Morgan fingerprint density at radius 3 is 2.22 bits per heavy atom. The van der Waals surface area contributed by atoms with Crippen molar-refractivity contribution in [3.05, 3.63) is 24.5 Å². The largest absolute Gasteiger partial charge is 0.471 e. The van der Waals surface area contributed by atoms with Gasteiger partial charge in [0.05, 0.1) is 32.0 Å². The molecule has 0 aromatic carbocycles. The molecule has 15 heteroatoms. The predicted molar refractivity (Wildman–Crippen MR) is 115 cm³/mol. The van der Waals surface area contributed by atoms with E-state index in [1.807, 2.05) is 0 Å². The third-order valence-electron chi connectivity index (χ3n) is 7.03. The summed E-state index contributed by atoms with van der Waals surface area (Å²) in [5.41, 5.74) is -1.86. The second-order valence-electron chi connectivity index (χ2n) is 9.29. The summed E-state index contributed by atoms with van der Waals surface area (Å²) in [5, 5.41) is 81.6. The van der Waals surface area contributed by atoms with E-state index in [0.29, 0.717) is 0 Å². The monoisotopic (exact) mass is 536 g/mol. The highest BCUT2D eigenvalue weighted by Gasteiger charge is 2.55. The first-order valence-electron chi connectivity index (χ1n) is 11.7. The number of esters is 1. The SMILES string of the molecule is C=C[C@H]1[C@H](O[C@@H]2O[C@H](CO[C@@H]3O[C@H](CO)[C@@H](O)[C@H](O)[C@@H]3O)[C@@H](O)[C@H](O)[C@H]2O)OC=C2C(=O)OCC[C@]21O. The maximum absolute atomic E-state index is 12.1. The molecule has 37 heavy (non-hydrogen) atoms. The van der Waals surface area contributed by atoms with Crippen molar-refractivity contribution in [2.24, 2.45) is 5.92 Å². The second kappa shape index (κ2) is 11.2. The Labute approximate surface area is 210 Å². The molecule has 0 aromatic heterocycles. The molecule has 15 nitrogen and oxygen atoms in total. The first-order chi connectivity index (χ1) is 17.5. The van der Waals surface area contributed by atoms with Gasteiger partial charge in [0.25, 0.3) is 0 Å². The van der Waals surface area contributed by atoms with Gasteiger partial charge in [0, 0.05) is 6.42 Å². The zero-order valence-electron chi connectivity index (χ0n) is 19.6. The summed E-state index contributed by atoms with van der Waals surface area (Å²) < 4.78 is 32.3. The number of cyclic esters (lactones) is 1. The molecular formula is C22H32O15. The van der Waals surface area contributed by atoms with Crippen LogP contribution in [0.4, 0.5) is 0 Å². The van der Waals surface area contributed by atoms with Gasteiger partial charge in [0.15, 0.2) is 12.6 Å². The number of rotatable bonds is 7. The van der Waals surface area contributed by atoms with Gasteiger partial charge in [-0.25, -0.2) is 4.79 Å². The first-order valence-corrected chi connectivity index (χ1v) is 11.7. The Balaban J connectivity index is 1.44. The van der Waals surface area contributed by atoms with E-state index in [1.54, 1.807) is 0 Å². The minimum atomic E-state index is -1.79. The summed E-state index contributed by atoms with van der Waals surface area (Å²) in [6.07, 6.45) is -15.0. The van der Waals surface area contributed by atoms with Gasteiger partial charge in [-0.1, -0.05) is 6.08 Å². The number of carbonyl (C=O) groups excluding carboxylic acids is 1. The van der Waals surface area contributed by atoms with Crippen LogP contribution in [0.2, 0.25) is 0 Å². The van der Waals surface area contributed by atoms with Gasteiger partial charge in [-0.3, -0.25) is 0 Å². The van der Waals surface area contributed by atoms with Crippen LogP contribution in [-0.2, 0) is 33.2 Å². The summed E-state index contributed by atoms with van der Waals surface area (Å²) in [5.74, 6) is -1.78. The molecule has 0 unspecified atom stereocenters. The van der Waals surface area contributed by atoms with Crippen molar-refractivity contribution in [2.45, 2.75) is 79.7 Å². The number of fused-ring (bicyclic) bond motifs is 1. The maximum atomic E-state index is 12.1. The number of aliphatic hydroxyl groups is 8. The summed E-state index contributed by atoms with van der Waals surface area (Å²) in [6, 6.07) is 0. The molecule has 3 fully saturated rings. The molecule has 0 aliphatic carbocycles. The van der Waals surface area contributed by atoms with E-state index in [2.05, 4.69) is 6.58 Å². The molecule has 0 bridgehead atoms. The van der Waals surface area contributed by atoms with E-state index >= 15 is 0 Å². The molecule has 210 valence electrons. The molecule has 0 amide bonds. The lowest BCUT2D eigenvalue weighted by molar-refractivity contribution is -0.355. The van der Waals surface area contributed by atoms with E-state index in [0.717, 1.165) is 6.26 Å². The zero-order chi connectivity index (χ0) is 27.1. The predicted octanol–water partition coefficient (Wildman–Crippen LogP) is -4.65. The fraction of sp³-hybridized carbons (Fsp3) is 0.773. The highest BCUT2D eigenvalue weighted by atomic mass is 16.8. The maximum Gasteiger partial charge on any atom is 0.340 e. The first kappa shape index (κ1) is 28.3. The van der Waals surface area contributed by atoms with Crippen LogP contribution in [0.15, 0.2) is 24.5 Å². The van der Waals surface area contributed by atoms with Gasteiger partial charge in [0.2, 0.25) is 6.29 Å². The van der Waals surface area contributed by atoms with Crippen molar-refractivity contribution in [3.8, 4) is 0 Å². The average molecular weight is 536 g/mol. The van der Waals surface area contributed by atoms with E-state index in [4.69, 9.17) is 28.4 Å². The number of aliphatic hydroxyl groups excluding tert-OH is 7. The molecule has 4 heterocycles. The van der Waals surface area contributed by atoms with Gasteiger partial charge >= 0.3 is 5.97 Å². The number of carbonyl (C=O) groups is 1. The molecule has 0 radical (unpaired) electrons. The third kappa shape index (κ3) is 5.15. The molecule has 4 rings (SSSR count). The normalized spacial score (nSPS) is 48.3. The molecule has 0 spiro atoms. The van der Waals surface area contributed by atoms with Crippen LogP contribution in [0.5, 0.6) is 0 Å². The van der Waals surface area contributed by atoms with Crippen LogP contribution in [0.25, 0.3) is 0 Å². The van der Waals surface area contributed by atoms with Crippen molar-refractivity contribution in [3.63, 3.8) is 0 Å². The fourth-order valence-electron chi connectivity index (χ4n) is 4.75. The van der Waals surface area contributed by atoms with Crippen molar-refractivity contribution in [2.75, 3.05) is 19.8 Å². The Morgan fingerprint density at radius 1 is 0.946 bits per heavy atom. The van der Waals surface area contributed by atoms with Crippen LogP contribution >= 0.6 is 0 Å². The Kier molecular flexibility index (Phi) is 8.54. The highest BCUT2D eigenvalue weighted by Crippen LogP contribution is 2.42. The lowest BCUT2D eigenvalue weighted by Gasteiger charge is -2.47. The molecule has 4 aliphatic heterocycles. The van der Waals surface area contributed by atoms with Gasteiger partial charge < -0.3 is 69.3 Å². The summed E-state index contributed by atoms with van der Waals surface area (Å²) in [6.45, 7) is 2.36. The molecule has 0 saturated carbocycles. The molecule has 4 aliphatic rings. The van der Waals surface area contributed by atoms with Crippen LogP contribution in [0.3, 0.4) is 0 Å². The van der Waals surface area contributed by atoms with Gasteiger partial charge in [-0.15, -0.1) is 6.58 Å². The molecule has 3 saturated heterocycles. The average Bonchev–Trinajstić information content (AvgIpc) is 2.87. The Morgan fingerprint density at radius 2 is 1.57 bits per heavy atom. The zero-order valence-corrected chi connectivity index (χ0v) is 19.6. The lowest BCUT2D eigenvalue weighted by atomic mass is 9.76. The van der Waals surface area contributed by atoms with E-state index in [-0.39, 0.29) is 18.6 Å². The van der Waals surface area contributed by atoms with Crippen molar-refractivity contribution < 1.29 is 74.1 Å². The van der Waals surface area contributed by atoms with Crippen LogP contribution < -0.4 is 0 Å². The van der Waals surface area contributed by atoms with Crippen LogP contribution in [0.1, 0.15) is 6.42 Å². The van der Waals surface area contributed by atoms with E-state index < -0.39 is 98.4 Å². The van der Waals surface area contributed by atoms with Gasteiger partial charge in [-0.2, -0.15) is 0 Å². The van der Waals surface area contributed by atoms with Crippen molar-refractivity contribution >= 4 is 5.97 Å². The third-order valence-corrected chi connectivity index (χ3v) is 7.03. The summed E-state index contributed by atoms with van der Waals surface area (Å²) in [7, 11) is 0. The topological polar surface area (TPSA) is 234 Å². The molecule has 13 atom stereocenters. The number of hydrogen-bond donors (Lipinski definition) is 8. The molecule has 0 aromatic rings. The summed E-state index contributed by atoms with van der Waals surface area (Å²) in [4.78, 5) is 12.1. The second-order valence-corrected chi connectivity index (χ2v) is 9.29. The quantitative estimate of drug-likeness (QED) is 0.113. The minimum absolute atomic E-state index is 0.0233. The molecule has 8 N–H and O–H groups in total. The molecular weight excluding hydrogens is 504 g/mol. The van der Waals surface area contributed by atoms with Gasteiger partial charge in [-0.05, 0) is 0 Å². The van der Waals surface area contributed by atoms with Crippen LogP contribution in [-0.4, -0.2) is 140 Å². The number of hydrogen-bond acceptors (Lipinski definition) is 15.